The van der Waals surface area contributed by atoms with E-state index in [0.717, 1.165) is 9.77 Å². The van der Waals surface area contributed by atoms with Crippen LogP contribution in [0.1, 0.15) is 12.8 Å². The van der Waals surface area contributed by atoms with Crippen molar-refractivity contribution in [2.24, 2.45) is 0 Å². The minimum atomic E-state index is -4.96. The molecule has 0 spiro atoms. The van der Waals surface area contributed by atoms with Gasteiger partial charge in [-0.2, -0.15) is 13.2 Å². The number of alkyl halides is 3. The average molecular weight is 496 g/mol. The summed E-state index contributed by atoms with van der Waals surface area (Å²) in [7, 11) is 0. The van der Waals surface area contributed by atoms with Crippen LogP contribution in [0.5, 0.6) is 0 Å². The summed E-state index contributed by atoms with van der Waals surface area (Å²) in [5.41, 5.74) is 0.549. The first-order chi connectivity index (χ1) is 12.7. The van der Waals surface area contributed by atoms with Crippen molar-refractivity contribution in [3.05, 3.63) is 40.1 Å². The van der Waals surface area contributed by atoms with Crippen LogP contribution in [0.4, 0.5) is 18.9 Å². The Hall–Kier alpha value is -2.11. The van der Waals surface area contributed by atoms with Gasteiger partial charge in [-0.15, -0.1) is 0 Å². The number of halogens is 4. The van der Waals surface area contributed by atoms with Crippen LogP contribution in [0.3, 0.4) is 0 Å². The van der Waals surface area contributed by atoms with E-state index in [1.54, 1.807) is 24.3 Å². The predicted molar refractivity (Wildman–Crippen MR) is 98.7 cm³/mol. The lowest BCUT2D eigenvalue weighted by molar-refractivity contribution is -0.165. The molecule has 0 saturated carbocycles. The maximum Gasteiger partial charge on any atom is 0.454 e. The minimum absolute atomic E-state index is 0.316. The van der Waals surface area contributed by atoms with Gasteiger partial charge in [0.2, 0.25) is 0 Å². The molecule has 0 radical (unpaired) electrons. The zero-order valence-electron chi connectivity index (χ0n) is 14.0. The molecule has 6 nitrogen and oxygen atoms in total. The number of esters is 1. The SMILES string of the molecule is O=C(COC(=O)[C@@H]1CCCN1/C=C/C(=O)C(F)(F)F)Nc1ccc(I)cc1. The van der Waals surface area contributed by atoms with Gasteiger partial charge in [0.25, 0.3) is 11.7 Å². The molecule has 1 heterocycles. The van der Waals surface area contributed by atoms with Gasteiger partial charge in [-0.3, -0.25) is 9.59 Å². The monoisotopic (exact) mass is 496 g/mol. The Kier molecular flexibility index (Phi) is 7.22. The van der Waals surface area contributed by atoms with Crippen molar-refractivity contribution in [2.75, 3.05) is 18.5 Å². The second-order valence-electron chi connectivity index (χ2n) is 5.74. The molecule has 10 heteroatoms. The summed E-state index contributed by atoms with van der Waals surface area (Å²) in [6.45, 7) is -0.198. The molecule has 146 valence electrons. The van der Waals surface area contributed by atoms with Crippen molar-refractivity contribution >= 4 is 45.9 Å². The van der Waals surface area contributed by atoms with E-state index in [9.17, 15) is 27.6 Å². The van der Waals surface area contributed by atoms with Crippen molar-refractivity contribution in [1.29, 1.82) is 0 Å². The summed E-state index contributed by atoms with van der Waals surface area (Å²) in [6, 6.07) is 6.17. The Morgan fingerprint density at radius 1 is 1.26 bits per heavy atom. The molecule has 0 bridgehead atoms. The number of hydrogen-bond donors (Lipinski definition) is 1. The van der Waals surface area contributed by atoms with Gasteiger partial charge in [0.15, 0.2) is 6.61 Å². The zero-order chi connectivity index (χ0) is 20.0. The summed E-state index contributed by atoms with van der Waals surface area (Å²) in [4.78, 5) is 36.2. The second-order valence-corrected chi connectivity index (χ2v) is 6.98. The number of ether oxygens (including phenoxy) is 1. The van der Waals surface area contributed by atoms with E-state index in [2.05, 4.69) is 27.9 Å². The van der Waals surface area contributed by atoms with E-state index >= 15 is 0 Å². The molecule has 0 aliphatic carbocycles. The van der Waals surface area contributed by atoms with Crippen LogP contribution in [0, 0.1) is 3.57 Å². The number of rotatable bonds is 6. The van der Waals surface area contributed by atoms with Crippen molar-refractivity contribution in [1.82, 2.24) is 4.90 Å². The molecule has 2 rings (SSSR count). The lowest BCUT2D eigenvalue weighted by Gasteiger charge is -2.21. The number of hydrogen-bond acceptors (Lipinski definition) is 5. The van der Waals surface area contributed by atoms with Crippen LogP contribution in [-0.4, -0.2) is 47.9 Å². The number of likely N-dealkylation sites (tertiary alicyclic amines) is 1. The topological polar surface area (TPSA) is 75.7 Å². The third kappa shape index (κ3) is 6.52. The number of nitrogens with zero attached hydrogens (tertiary/aromatic N) is 1. The second kappa shape index (κ2) is 9.20. The molecular weight excluding hydrogens is 480 g/mol. The maximum atomic E-state index is 12.2. The van der Waals surface area contributed by atoms with Gasteiger partial charge in [0.1, 0.15) is 6.04 Å². The predicted octanol–water partition coefficient (Wildman–Crippen LogP) is 2.88. The van der Waals surface area contributed by atoms with Crippen LogP contribution in [-0.2, 0) is 19.1 Å². The van der Waals surface area contributed by atoms with E-state index in [1.165, 1.54) is 4.90 Å². The van der Waals surface area contributed by atoms with Gasteiger partial charge >= 0.3 is 12.1 Å². The molecule has 1 N–H and O–H groups in total. The van der Waals surface area contributed by atoms with Gasteiger partial charge in [-0.1, -0.05) is 0 Å². The van der Waals surface area contributed by atoms with E-state index in [1.807, 2.05) is 0 Å². The molecule has 0 unspecified atom stereocenters. The number of amides is 1. The first kappa shape index (κ1) is 21.2. The number of anilines is 1. The molecular formula is C17H16F3IN2O4. The zero-order valence-corrected chi connectivity index (χ0v) is 16.1. The molecule has 1 aromatic carbocycles. The first-order valence-corrected chi connectivity index (χ1v) is 9.02. The largest absolute Gasteiger partial charge is 0.454 e. The van der Waals surface area contributed by atoms with E-state index in [-0.39, 0.29) is 0 Å². The molecule has 1 aliphatic heterocycles. The van der Waals surface area contributed by atoms with Crippen LogP contribution in [0.15, 0.2) is 36.5 Å². The lowest BCUT2D eigenvalue weighted by Crippen LogP contribution is -2.35. The molecule has 1 amide bonds. The third-order valence-electron chi connectivity index (χ3n) is 3.74. The normalized spacial score (nSPS) is 17.2. The molecule has 1 aromatic rings. The quantitative estimate of drug-likeness (QED) is 0.373. The number of carbonyl (C=O) groups is 3. The van der Waals surface area contributed by atoms with Crippen molar-refractivity contribution in [3.8, 4) is 0 Å². The molecule has 1 fully saturated rings. The Balaban J connectivity index is 1.85. The number of ketones is 1. The summed E-state index contributed by atoms with van der Waals surface area (Å²) in [6.07, 6.45) is -2.71. The van der Waals surface area contributed by atoms with Gasteiger partial charge in [0.05, 0.1) is 0 Å². The average Bonchev–Trinajstić information content (AvgIpc) is 3.07. The fourth-order valence-electron chi connectivity index (χ4n) is 2.44. The van der Waals surface area contributed by atoms with Crippen LogP contribution in [0.25, 0.3) is 0 Å². The molecule has 1 atom stereocenters. The summed E-state index contributed by atoms with van der Waals surface area (Å²) >= 11 is 2.12. The number of nitrogens with one attached hydrogen (secondary N) is 1. The van der Waals surface area contributed by atoms with Crippen LogP contribution in [0.2, 0.25) is 0 Å². The summed E-state index contributed by atoms with van der Waals surface area (Å²) in [5.74, 6) is -3.26. The Morgan fingerprint density at radius 3 is 2.56 bits per heavy atom. The Labute approximate surface area is 166 Å². The highest BCUT2D eigenvalue weighted by Crippen LogP contribution is 2.21. The van der Waals surface area contributed by atoms with Crippen LogP contribution < -0.4 is 5.32 Å². The fraction of sp³-hybridized carbons (Fsp3) is 0.353. The van der Waals surface area contributed by atoms with E-state index in [4.69, 9.17) is 4.74 Å². The standard InChI is InChI=1S/C17H16F3IN2O4/c18-17(19,20)14(24)7-9-23-8-1-2-13(23)16(26)27-10-15(25)22-12-5-3-11(21)4-6-12/h3-7,9,13H,1-2,8,10H2,(H,22,25)/b9-7+/t13-/m0/s1. The van der Waals surface area contributed by atoms with E-state index in [0.29, 0.717) is 31.1 Å². The highest BCUT2D eigenvalue weighted by atomic mass is 127. The number of allylic oxidation sites excluding steroid dienone is 1. The highest BCUT2D eigenvalue weighted by Gasteiger charge is 2.37. The molecule has 1 aliphatic rings. The number of carbonyl (C=O) groups excluding carboxylic acids is 3. The van der Waals surface area contributed by atoms with Crippen molar-refractivity contribution in [3.63, 3.8) is 0 Å². The maximum absolute atomic E-state index is 12.2. The minimum Gasteiger partial charge on any atom is -0.454 e. The van der Waals surface area contributed by atoms with E-state index < -0.39 is 36.5 Å². The summed E-state index contributed by atoms with van der Waals surface area (Å²) < 4.78 is 42.6. The summed E-state index contributed by atoms with van der Waals surface area (Å²) in [5, 5.41) is 2.57. The van der Waals surface area contributed by atoms with Gasteiger partial charge < -0.3 is 15.0 Å². The Bertz CT molecular complexity index is 735. The van der Waals surface area contributed by atoms with Gasteiger partial charge in [0, 0.05) is 28.1 Å². The molecule has 0 aromatic heterocycles. The Morgan fingerprint density at radius 2 is 1.93 bits per heavy atom. The lowest BCUT2D eigenvalue weighted by atomic mass is 10.2. The first-order valence-electron chi connectivity index (χ1n) is 7.94. The third-order valence-corrected chi connectivity index (χ3v) is 4.46. The highest BCUT2D eigenvalue weighted by molar-refractivity contribution is 14.1. The fourth-order valence-corrected chi connectivity index (χ4v) is 2.80. The molecule has 1 saturated heterocycles. The smallest absolute Gasteiger partial charge is 0.454 e. The number of benzene rings is 1. The van der Waals surface area contributed by atoms with Gasteiger partial charge in [-0.25, -0.2) is 4.79 Å². The van der Waals surface area contributed by atoms with Crippen LogP contribution >= 0.6 is 22.6 Å². The van der Waals surface area contributed by atoms with Crippen molar-refractivity contribution < 1.29 is 32.3 Å². The molecule has 27 heavy (non-hydrogen) atoms. The van der Waals surface area contributed by atoms with Gasteiger partial charge in [-0.05, 0) is 59.7 Å². The van der Waals surface area contributed by atoms with Crippen molar-refractivity contribution in [2.45, 2.75) is 25.1 Å².